The number of carboxylic acids is 1. The van der Waals surface area contributed by atoms with Crippen LogP contribution in [0.5, 0.6) is 0 Å². The van der Waals surface area contributed by atoms with E-state index in [9.17, 15) is 9.59 Å². The Bertz CT molecular complexity index is 675. The van der Waals surface area contributed by atoms with E-state index in [0.717, 1.165) is 0 Å². The normalized spacial score (nSPS) is 10.2. The van der Waals surface area contributed by atoms with Crippen LogP contribution in [0.3, 0.4) is 0 Å². The summed E-state index contributed by atoms with van der Waals surface area (Å²) in [5, 5.41) is 15.7. The molecule has 0 spiro atoms. The van der Waals surface area contributed by atoms with Crippen LogP contribution in [0.25, 0.3) is 11.1 Å². The fourth-order valence-corrected chi connectivity index (χ4v) is 1.79. The Morgan fingerprint density at radius 2 is 1.95 bits per heavy atom. The summed E-state index contributed by atoms with van der Waals surface area (Å²) < 4.78 is 1.24. The third-order valence-electron chi connectivity index (χ3n) is 2.83. The van der Waals surface area contributed by atoms with Crippen molar-refractivity contribution in [3.8, 4) is 11.1 Å². The number of carbonyl (C=O) groups is 1. The Hall–Kier alpha value is -2.63. The number of hydrogen-bond donors (Lipinski definition) is 2. The van der Waals surface area contributed by atoms with Gasteiger partial charge in [-0.05, 0) is 17.7 Å². The van der Waals surface area contributed by atoms with E-state index in [1.807, 2.05) is 0 Å². The Morgan fingerprint density at radius 3 is 2.47 bits per heavy atom. The predicted molar refractivity (Wildman–Crippen MR) is 71.4 cm³/mol. The van der Waals surface area contributed by atoms with Gasteiger partial charge in [0.1, 0.15) is 0 Å². The summed E-state index contributed by atoms with van der Waals surface area (Å²) >= 11 is 0. The number of nitrogens with zero attached hydrogens (tertiary/aromatic N) is 2. The fourth-order valence-electron chi connectivity index (χ4n) is 1.79. The topological polar surface area (TPSA) is 84.2 Å². The highest BCUT2D eigenvalue weighted by Crippen LogP contribution is 2.23. The lowest BCUT2D eigenvalue weighted by Gasteiger charge is -2.09. The van der Waals surface area contributed by atoms with Gasteiger partial charge >= 0.3 is 5.97 Å². The van der Waals surface area contributed by atoms with Crippen molar-refractivity contribution >= 4 is 11.7 Å². The van der Waals surface area contributed by atoms with Crippen LogP contribution in [0, 0.1) is 0 Å². The van der Waals surface area contributed by atoms with Crippen molar-refractivity contribution in [1.29, 1.82) is 0 Å². The predicted octanol–water partition coefficient (Wildman–Crippen LogP) is 1.19. The maximum absolute atomic E-state index is 12.1. The summed E-state index contributed by atoms with van der Waals surface area (Å²) in [5.41, 5.74) is 1.66. The molecule has 6 heteroatoms. The molecular weight excluding hydrogens is 246 g/mol. The molecule has 6 nitrogen and oxygen atoms in total. The van der Waals surface area contributed by atoms with Crippen molar-refractivity contribution in [3.63, 3.8) is 0 Å². The quantitative estimate of drug-likeness (QED) is 0.864. The van der Waals surface area contributed by atoms with Gasteiger partial charge in [0.2, 0.25) is 0 Å². The summed E-state index contributed by atoms with van der Waals surface area (Å²) in [6, 6.07) is 6.16. The zero-order valence-corrected chi connectivity index (χ0v) is 10.5. The number of nitrogens with one attached hydrogen (secondary N) is 1. The molecule has 1 aromatic carbocycles. The molecule has 2 aromatic rings. The molecule has 1 heterocycles. The molecule has 1 aromatic heterocycles. The van der Waals surface area contributed by atoms with Crippen molar-refractivity contribution in [2.75, 3.05) is 12.4 Å². The Morgan fingerprint density at radius 1 is 1.32 bits per heavy atom. The van der Waals surface area contributed by atoms with Gasteiger partial charge in [-0.2, -0.15) is 5.10 Å². The van der Waals surface area contributed by atoms with Gasteiger partial charge in [0, 0.05) is 14.1 Å². The van der Waals surface area contributed by atoms with Crippen molar-refractivity contribution in [1.82, 2.24) is 9.78 Å². The maximum atomic E-state index is 12.1. The molecule has 0 saturated heterocycles. The first kappa shape index (κ1) is 12.8. The average molecular weight is 259 g/mol. The molecular formula is C13H13N3O3. The molecule has 19 heavy (non-hydrogen) atoms. The van der Waals surface area contributed by atoms with Gasteiger partial charge in [0.05, 0.1) is 23.0 Å². The van der Waals surface area contributed by atoms with Crippen LogP contribution in [0.4, 0.5) is 5.69 Å². The van der Waals surface area contributed by atoms with E-state index in [1.165, 1.54) is 16.8 Å². The number of carboxylic acid groups (broad SMARTS) is 1. The summed E-state index contributed by atoms with van der Waals surface area (Å²) in [5.74, 6) is -0.997. The number of aromatic carboxylic acids is 1. The van der Waals surface area contributed by atoms with Crippen LogP contribution in [0.1, 0.15) is 10.4 Å². The third kappa shape index (κ3) is 2.33. The second kappa shape index (κ2) is 4.93. The van der Waals surface area contributed by atoms with Crippen LogP contribution < -0.4 is 10.9 Å². The zero-order valence-electron chi connectivity index (χ0n) is 10.5. The van der Waals surface area contributed by atoms with Crippen LogP contribution >= 0.6 is 0 Å². The number of anilines is 1. The summed E-state index contributed by atoms with van der Waals surface area (Å²) in [6.07, 6.45) is 1.56. The number of benzene rings is 1. The van der Waals surface area contributed by atoms with Gasteiger partial charge in [-0.1, -0.05) is 12.1 Å². The molecule has 0 radical (unpaired) electrons. The molecule has 0 unspecified atom stereocenters. The molecule has 0 aliphatic carbocycles. The summed E-state index contributed by atoms with van der Waals surface area (Å²) in [7, 11) is 3.27. The van der Waals surface area contributed by atoms with Gasteiger partial charge in [0.15, 0.2) is 0 Å². The van der Waals surface area contributed by atoms with E-state index in [4.69, 9.17) is 5.11 Å². The fraction of sp³-hybridized carbons (Fsp3) is 0.154. The lowest BCUT2D eigenvalue weighted by atomic mass is 10.0. The van der Waals surface area contributed by atoms with Crippen molar-refractivity contribution in [3.05, 3.63) is 46.4 Å². The second-order valence-electron chi connectivity index (χ2n) is 3.99. The Labute approximate surface area is 109 Å². The third-order valence-corrected chi connectivity index (χ3v) is 2.83. The first-order valence-corrected chi connectivity index (χ1v) is 5.62. The van der Waals surface area contributed by atoms with Crippen LogP contribution in [0.15, 0.2) is 35.3 Å². The van der Waals surface area contributed by atoms with Crippen molar-refractivity contribution in [2.24, 2.45) is 7.05 Å². The van der Waals surface area contributed by atoms with Crippen LogP contribution in [-0.4, -0.2) is 27.9 Å². The number of aryl methyl sites for hydroxylation is 1. The molecule has 2 rings (SSSR count). The maximum Gasteiger partial charge on any atom is 0.335 e. The molecule has 0 bridgehead atoms. The van der Waals surface area contributed by atoms with Gasteiger partial charge in [-0.3, -0.25) is 4.79 Å². The highest BCUT2D eigenvalue weighted by Gasteiger charge is 2.12. The zero-order chi connectivity index (χ0) is 14.0. The highest BCUT2D eigenvalue weighted by atomic mass is 16.4. The lowest BCUT2D eigenvalue weighted by Crippen LogP contribution is -2.22. The molecule has 0 fully saturated rings. The van der Waals surface area contributed by atoms with Gasteiger partial charge in [0.25, 0.3) is 5.56 Å². The summed E-state index contributed by atoms with van der Waals surface area (Å²) in [6.45, 7) is 0. The average Bonchev–Trinajstić information content (AvgIpc) is 2.42. The van der Waals surface area contributed by atoms with Gasteiger partial charge < -0.3 is 10.4 Å². The standard InChI is InChI=1S/C13H13N3O3/c1-14-10-7-15-16(2)12(17)11(10)8-3-5-9(6-4-8)13(18)19/h3-7,14H,1-2H3,(H,18,19). The van der Waals surface area contributed by atoms with E-state index >= 15 is 0 Å². The largest absolute Gasteiger partial charge is 0.478 e. The molecule has 0 amide bonds. The van der Waals surface area contributed by atoms with E-state index in [0.29, 0.717) is 16.8 Å². The van der Waals surface area contributed by atoms with Gasteiger partial charge in [-0.15, -0.1) is 0 Å². The highest BCUT2D eigenvalue weighted by molar-refractivity contribution is 5.88. The Balaban J connectivity index is 2.61. The van der Waals surface area contributed by atoms with Crippen LogP contribution in [0.2, 0.25) is 0 Å². The van der Waals surface area contributed by atoms with E-state index in [-0.39, 0.29) is 11.1 Å². The second-order valence-corrected chi connectivity index (χ2v) is 3.99. The first-order chi connectivity index (χ1) is 9.04. The molecule has 0 saturated carbocycles. The van der Waals surface area contributed by atoms with Gasteiger partial charge in [-0.25, -0.2) is 9.48 Å². The van der Waals surface area contributed by atoms with Crippen molar-refractivity contribution < 1.29 is 9.90 Å². The van der Waals surface area contributed by atoms with E-state index in [2.05, 4.69) is 10.4 Å². The summed E-state index contributed by atoms with van der Waals surface area (Å²) in [4.78, 5) is 22.9. The molecule has 0 aliphatic rings. The minimum atomic E-state index is -0.997. The number of aromatic nitrogens is 2. The molecule has 0 atom stereocenters. The molecule has 0 aliphatic heterocycles. The first-order valence-electron chi connectivity index (χ1n) is 5.62. The van der Waals surface area contributed by atoms with Crippen LogP contribution in [-0.2, 0) is 7.05 Å². The van der Waals surface area contributed by atoms with Crippen molar-refractivity contribution in [2.45, 2.75) is 0 Å². The van der Waals surface area contributed by atoms with E-state index in [1.54, 1.807) is 32.4 Å². The number of hydrogen-bond acceptors (Lipinski definition) is 4. The smallest absolute Gasteiger partial charge is 0.335 e. The molecule has 2 N–H and O–H groups in total. The van der Waals surface area contributed by atoms with E-state index < -0.39 is 5.97 Å². The minimum absolute atomic E-state index is 0.181. The number of rotatable bonds is 3. The SMILES string of the molecule is CNc1cnn(C)c(=O)c1-c1ccc(C(=O)O)cc1. The molecule has 98 valence electrons. The Kier molecular flexibility index (Phi) is 3.33. The lowest BCUT2D eigenvalue weighted by molar-refractivity contribution is 0.0697. The minimum Gasteiger partial charge on any atom is -0.478 e. The monoisotopic (exact) mass is 259 g/mol.